The molecule has 2 aromatic rings. The van der Waals surface area contributed by atoms with Gasteiger partial charge in [-0.25, -0.2) is 9.59 Å². The fourth-order valence-corrected chi connectivity index (χ4v) is 3.67. The highest BCUT2D eigenvalue weighted by atomic mass is 16.2. The summed E-state index contributed by atoms with van der Waals surface area (Å²) in [7, 11) is 0. The normalized spacial score (nSPS) is 15.2. The first-order valence-electron chi connectivity index (χ1n) is 11.6. The summed E-state index contributed by atoms with van der Waals surface area (Å²) in [4.78, 5) is 104. The lowest BCUT2D eigenvalue weighted by Gasteiger charge is -2.26. The quantitative estimate of drug-likeness (QED) is 0.301. The fourth-order valence-electron chi connectivity index (χ4n) is 3.67. The molecule has 0 unspecified atom stereocenters. The molecule has 0 atom stereocenters. The monoisotopic (exact) mass is 532 g/mol. The zero-order valence-corrected chi connectivity index (χ0v) is 20.9. The Morgan fingerprint density at radius 3 is 1.42 bits per heavy atom. The first-order valence-corrected chi connectivity index (χ1v) is 11.6. The highest BCUT2D eigenvalue weighted by molar-refractivity contribution is 5.86. The molecule has 0 saturated carbocycles. The van der Waals surface area contributed by atoms with Crippen molar-refractivity contribution in [3.63, 3.8) is 0 Å². The summed E-state index contributed by atoms with van der Waals surface area (Å²) in [5, 5.41) is 5.16. The molecule has 4 amide bonds. The van der Waals surface area contributed by atoms with Gasteiger partial charge in [-0.2, -0.15) is 0 Å². The van der Waals surface area contributed by atoms with Crippen molar-refractivity contribution >= 4 is 23.6 Å². The largest absolute Gasteiger partial charge is 0.353 e. The Balaban J connectivity index is 1.67. The van der Waals surface area contributed by atoms with Crippen LogP contribution >= 0.6 is 0 Å². The van der Waals surface area contributed by atoms with Crippen LogP contribution in [0.2, 0.25) is 0 Å². The minimum Gasteiger partial charge on any atom is -0.353 e. The SMILES string of the molecule is Cc1cn(CC(=O)N2CCNC(=O)CN(C(=O)Cn3cc(C)c(=O)[nH]c3=O)CCNC(=O)C2)c(=O)[nH]c1=O. The number of aromatic amines is 2. The Bertz CT molecular complexity index is 1370. The molecule has 3 rings (SSSR count). The van der Waals surface area contributed by atoms with Crippen molar-refractivity contribution in [1.82, 2.24) is 39.5 Å². The Morgan fingerprint density at radius 2 is 1.05 bits per heavy atom. The maximum Gasteiger partial charge on any atom is 0.328 e. The molecule has 1 saturated heterocycles. The first-order chi connectivity index (χ1) is 17.9. The minimum atomic E-state index is -0.773. The maximum atomic E-state index is 12.8. The van der Waals surface area contributed by atoms with Crippen LogP contribution in [0.25, 0.3) is 0 Å². The van der Waals surface area contributed by atoms with Gasteiger partial charge in [-0.1, -0.05) is 0 Å². The number of carbonyl (C=O) groups excluding carboxylic acids is 4. The number of aryl methyl sites for hydroxylation is 2. The number of nitrogens with zero attached hydrogens (tertiary/aromatic N) is 4. The van der Waals surface area contributed by atoms with Gasteiger partial charge in [0.1, 0.15) is 13.1 Å². The molecule has 0 aliphatic carbocycles. The van der Waals surface area contributed by atoms with Crippen molar-refractivity contribution in [3.8, 4) is 0 Å². The molecule has 38 heavy (non-hydrogen) atoms. The summed E-state index contributed by atoms with van der Waals surface area (Å²) in [6.45, 7) is 1.16. The molecule has 1 aliphatic heterocycles. The van der Waals surface area contributed by atoms with Crippen molar-refractivity contribution in [2.45, 2.75) is 26.9 Å². The molecule has 0 radical (unpaired) electrons. The zero-order chi connectivity index (χ0) is 28.0. The second-order valence-corrected chi connectivity index (χ2v) is 8.73. The predicted molar refractivity (Wildman–Crippen MR) is 131 cm³/mol. The van der Waals surface area contributed by atoms with E-state index in [4.69, 9.17) is 0 Å². The molecule has 2 aromatic heterocycles. The lowest BCUT2D eigenvalue weighted by atomic mass is 10.3. The van der Waals surface area contributed by atoms with E-state index >= 15 is 0 Å². The number of rotatable bonds is 4. The second-order valence-electron chi connectivity index (χ2n) is 8.73. The number of hydrogen-bond donors (Lipinski definition) is 4. The third kappa shape index (κ3) is 7.14. The third-order valence-electron chi connectivity index (χ3n) is 5.77. The van der Waals surface area contributed by atoms with Gasteiger partial charge in [0.25, 0.3) is 11.1 Å². The van der Waals surface area contributed by atoms with Crippen LogP contribution in [0.5, 0.6) is 0 Å². The van der Waals surface area contributed by atoms with Gasteiger partial charge >= 0.3 is 11.4 Å². The van der Waals surface area contributed by atoms with Crippen LogP contribution < -0.4 is 33.1 Å². The Morgan fingerprint density at radius 1 is 0.684 bits per heavy atom. The van der Waals surface area contributed by atoms with Gasteiger partial charge in [0.2, 0.25) is 23.6 Å². The smallest absolute Gasteiger partial charge is 0.328 e. The summed E-state index contributed by atoms with van der Waals surface area (Å²) in [5.74, 6) is -2.23. The van der Waals surface area contributed by atoms with Crippen LogP contribution in [0.1, 0.15) is 11.1 Å². The number of aromatic nitrogens is 4. The highest BCUT2D eigenvalue weighted by Gasteiger charge is 2.22. The van der Waals surface area contributed by atoms with Gasteiger partial charge in [0.15, 0.2) is 0 Å². The molecule has 204 valence electrons. The summed E-state index contributed by atoms with van der Waals surface area (Å²) >= 11 is 0. The number of nitrogens with one attached hydrogen (secondary N) is 4. The van der Waals surface area contributed by atoms with Gasteiger partial charge in [0.05, 0.1) is 13.1 Å². The van der Waals surface area contributed by atoms with Crippen LogP contribution in [0.3, 0.4) is 0 Å². The average Bonchev–Trinajstić information content (AvgIpc) is 2.83. The summed E-state index contributed by atoms with van der Waals surface area (Å²) in [6, 6.07) is 0. The molecular weight excluding hydrogens is 504 g/mol. The Hall–Kier alpha value is -4.76. The van der Waals surface area contributed by atoms with E-state index < -0.39 is 59.2 Å². The van der Waals surface area contributed by atoms with Gasteiger partial charge in [-0.15, -0.1) is 0 Å². The van der Waals surface area contributed by atoms with Crippen molar-refractivity contribution in [2.75, 3.05) is 39.3 Å². The molecule has 1 aliphatic rings. The van der Waals surface area contributed by atoms with Gasteiger partial charge in [-0.3, -0.25) is 47.9 Å². The van der Waals surface area contributed by atoms with E-state index in [2.05, 4.69) is 20.6 Å². The molecule has 1 fully saturated rings. The number of hydrogen-bond acceptors (Lipinski definition) is 8. The van der Waals surface area contributed by atoms with Crippen LogP contribution in [-0.4, -0.2) is 91.8 Å². The lowest BCUT2D eigenvalue weighted by Crippen LogP contribution is -2.51. The lowest BCUT2D eigenvalue weighted by molar-refractivity contribution is -0.138. The number of amides is 4. The summed E-state index contributed by atoms with van der Waals surface area (Å²) in [6.07, 6.45) is 2.48. The van der Waals surface area contributed by atoms with E-state index in [0.29, 0.717) is 0 Å². The predicted octanol–water partition coefficient (Wildman–Crippen LogP) is -4.39. The Labute approximate surface area is 214 Å². The molecule has 0 bridgehead atoms. The molecular formula is C22H28N8O8. The van der Waals surface area contributed by atoms with Crippen LogP contribution in [0.4, 0.5) is 0 Å². The van der Waals surface area contributed by atoms with Gasteiger partial charge < -0.3 is 20.4 Å². The van der Waals surface area contributed by atoms with Gasteiger partial charge in [0, 0.05) is 49.7 Å². The first kappa shape index (κ1) is 27.8. The molecule has 0 aromatic carbocycles. The molecule has 3 heterocycles. The van der Waals surface area contributed by atoms with Crippen molar-refractivity contribution < 1.29 is 19.2 Å². The number of H-pyrrole nitrogens is 2. The minimum absolute atomic E-state index is 0.0436. The van der Waals surface area contributed by atoms with Crippen LogP contribution in [0, 0.1) is 13.8 Å². The van der Waals surface area contributed by atoms with E-state index in [1.54, 1.807) is 0 Å². The van der Waals surface area contributed by atoms with E-state index in [9.17, 15) is 38.4 Å². The second kappa shape index (κ2) is 12.0. The third-order valence-corrected chi connectivity index (χ3v) is 5.77. The van der Waals surface area contributed by atoms with E-state index in [1.807, 2.05) is 0 Å². The Kier molecular flexibility index (Phi) is 8.77. The average molecular weight is 533 g/mol. The van der Waals surface area contributed by atoms with Crippen LogP contribution in [0.15, 0.2) is 31.6 Å². The van der Waals surface area contributed by atoms with E-state index in [-0.39, 0.29) is 50.4 Å². The van der Waals surface area contributed by atoms with Crippen molar-refractivity contribution in [2.24, 2.45) is 0 Å². The maximum absolute atomic E-state index is 12.8. The van der Waals surface area contributed by atoms with Crippen molar-refractivity contribution in [1.29, 1.82) is 0 Å². The summed E-state index contributed by atoms with van der Waals surface area (Å²) in [5.41, 5.74) is -2.22. The summed E-state index contributed by atoms with van der Waals surface area (Å²) < 4.78 is 2.04. The molecule has 4 N–H and O–H groups in total. The molecule has 16 nitrogen and oxygen atoms in total. The topological polar surface area (TPSA) is 209 Å². The van der Waals surface area contributed by atoms with E-state index in [0.717, 1.165) is 18.9 Å². The van der Waals surface area contributed by atoms with Crippen molar-refractivity contribution in [3.05, 3.63) is 65.2 Å². The molecule has 0 spiro atoms. The van der Waals surface area contributed by atoms with Gasteiger partial charge in [-0.05, 0) is 13.8 Å². The van der Waals surface area contributed by atoms with Crippen LogP contribution in [-0.2, 0) is 32.3 Å². The van der Waals surface area contributed by atoms with E-state index in [1.165, 1.54) is 26.2 Å². The molecule has 16 heteroatoms. The fraction of sp³-hybridized carbons (Fsp3) is 0.455. The number of carbonyl (C=O) groups is 4. The zero-order valence-electron chi connectivity index (χ0n) is 20.9. The standard InChI is InChI=1S/C22H28N8O8/c1-13-7-29(21(37)25-19(13)35)11-17(33)27-5-3-23-16(32)10-28(6-4-24-15(31)9-27)18(34)12-30-8-14(2)20(36)26-22(30)38/h7-8H,3-6,9-12H2,1-2H3,(H,23,32)(H,24,31)(H,25,35,37)(H,26,36,38). The highest BCUT2D eigenvalue weighted by Crippen LogP contribution is 1.98.